The highest BCUT2D eigenvalue weighted by molar-refractivity contribution is 5.67. The van der Waals surface area contributed by atoms with Crippen LogP contribution >= 0.6 is 0 Å². The number of nitrogens with zero attached hydrogens (tertiary/aromatic N) is 2. The number of benzene rings is 1. The molecule has 0 bridgehead atoms. The third kappa shape index (κ3) is 3.28. The van der Waals surface area contributed by atoms with Gasteiger partial charge in [0, 0.05) is 37.6 Å². The molecular weight excluding hydrogens is 220 g/mol. The molecule has 100 valence electrons. The maximum atomic E-state index is 3.90. The van der Waals surface area contributed by atoms with Gasteiger partial charge in [0.1, 0.15) is 0 Å². The van der Waals surface area contributed by atoms with E-state index >= 15 is 0 Å². The molecular formula is C16H26N2. The van der Waals surface area contributed by atoms with Crippen molar-refractivity contribution in [1.82, 2.24) is 0 Å². The van der Waals surface area contributed by atoms with Gasteiger partial charge in [-0.2, -0.15) is 0 Å². The first-order chi connectivity index (χ1) is 8.69. The third-order valence-corrected chi connectivity index (χ3v) is 3.42. The predicted octanol–water partition coefficient (Wildman–Crippen LogP) is 4.02. The van der Waals surface area contributed by atoms with Gasteiger partial charge in [0.05, 0.1) is 0 Å². The molecule has 0 aliphatic heterocycles. The van der Waals surface area contributed by atoms with Crippen molar-refractivity contribution in [3.63, 3.8) is 0 Å². The Kier molecular flexibility index (Phi) is 5.76. The molecule has 0 spiro atoms. The fourth-order valence-corrected chi connectivity index (χ4v) is 2.28. The molecule has 0 unspecified atom stereocenters. The van der Waals surface area contributed by atoms with Gasteiger partial charge in [0.25, 0.3) is 0 Å². The molecule has 0 radical (unpaired) electrons. The summed E-state index contributed by atoms with van der Waals surface area (Å²) in [7, 11) is 0. The Morgan fingerprint density at radius 1 is 0.833 bits per heavy atom. The molecule has 1 aromatic rings. The van der Waals surface area contributed by atoms with Crippen LogP contribution in [0, 0.1) is 0 Å². The van der Waals surface area contributed by atoms with Crippen molar-refractivity contribution in [3.05, 3.63) is 30.3 Å². The minimum Gasteiger partial charge on any atom is -0.372 e. The van der Waals surface area contributed by atoms with E-state index in [2.05, 4.69) is 62.3 Å². The number of rotatable bonds is 7. The fourth-order valence-electron chi connectivity index (χ4n) is 2.28. The van der Waals surface area contributed by atoms with E-state index in [-0.39, 0.29) is 0 Å². The first-order valence-corrected chi connectivity index (χ1v) is 6.97. The van der Waals surface area contributed by atoms with Crippen LogP contribution in [0.1, 0.15) is 33.3 Å². The molecule has 0 saturated heterocycles. The smallest absolute Gasteiger partial charge is 0.0392 e. The number of hydrogen-bond acceptors (Lipinski definition) is 2. The lowest BCUT2D eigenvalue weighted by Crippen LogP contribution is -2.24. The number of hydrogen-bond donors (Lipinski definition) is 0. The molecule has 0 N–H and O–H groups in total. The summed E-state index contributed by atoms with van der Waals surface area (Å²) >= 11 is 0. The van der Waals surface area contributed by atoms with E-state index in [4.69, 9.17) is 0 Å². The van der Waals surface area contributed by atoms with E-state index in [0.29, 0.717) is 0 Å². The normalized spacial score (nSPS) is 10.2. The van der Waals surface area contributed by atoms with Crippen LogP contribution in [0.3, 0.4) is 0 Å². The summed E-state index contributed by atoms with van der Waals surface area (Å²) < 4.78 is 0. The van der Waals surface area contributed by atoms with Crippen LogP contribution in [0.15, 0.2) is 24.8 Å². The Bertz CT molecular complexity index is 346. The summed E-state index contributed by atoms with van der Waals surface area (Å²) in [6, 6.07) is 6.72. The molecule has 0 fully saturated rings. The Morgan fingerprint density at radius 3 is 1.50 bits per heavy atom. The van der Waals surface area contributed by atoms with Crippen molar-refractivity contribution in [2.75, 3.05) is 36.0 Å². The molecule has 2 heteroatoms. The summed E-state index contributed by atoms with van der Waals surface area (Å²) in [5.74, 6) is 0. The van der Waals surface area contributed by atoms with E-state index in [1.807, 2.05) is 6.08 Å². The summed E-state index contributed by atoms with van der Waals surface area (Å²) in [5, 5.41) is 0. The lowest BCUT2D eigenvalue weighted by Gasteiger charge is -2.26. The van der Waals surface area contributed by atoms with Crippen LogP contribution in [0.25, 0.3) is 6.08 Å². The van der Waals surface area contributed by atoms with E-state index in [0.717, 1.165) is 26.2 Å². The van der Waals surface area contributed by atoms with Crippen LogP contribution in [-0.4, -0.2) is 26.2 Å². The highest BCUT2D eigenvalue weighted by Crippen LogP contribution is 2.25. The number of anilines is 2. The second-order valence-electron chi connectivity index (χ2n) is 4.33. The van der Waals surface area contributed by atoms with Crippen LogP contribution in [0.4, 0.5) is 11.4 Å². The van der Waals surface area contributed by atoms with Crippen molar-refractivity contribution in [2.45, 2.75) is 27.7 Å². The average molecular weight is 246 g/mol. The summed E-state index contributed by atoms with van der Waals surface area (Å²) in [4.78, 5) is 4.75. The van der Waals surface area contributed by atoms with Crippen LogP contribution < -0.4 is 9.80 Å². The second kappa shape index (κ2) is 7.10. The molecule has 2 nitrogen and oxygen atoms in total. The quantitative estimate of drug-likeness (QED) is 0.717. The zero-order valence-corrected chi connectivity index (χ0v) is 12.2. The monoisotopic (exact) mass is 246 g/mol. The van der Waals surface area contributed by atoms with Crippen molar-refractivity contribution < 1.29 is 0 Å². The standard InChI is InChI=1S/C16H26N2/c1-6-14-11-15(17(7-2)8-3)13-16(12-14)18(9-4)10-5/h6,11-13H,1,7-10H2,2-5H3. The van der Waals surface area contributed by atoms with E-state index in [1.165, 1.54) is 16.9 Å². The Hall–Kier alpha value is -1.44. The molecule has 0 atom stereocenters. The van der Waals surface area contributed by atoms with Gasteiger partial charge in [-0.05, 0) is 51.5 Å². The predicted molar refractivity (Wildman–Crippen MR) is 83.7 cm³/mol. The van der Waals surface area contributed by atoms with Crippen LogP contribution in [0.2, 0.25) is 0 Å². The van der Waals surface area contributed by atoms with Crippen LogP contribution in [-0.2, 0) is 0 Å². The van der Waals surface area contributed by atoms with Gasteiger partial charge in [0.2, 0.25) is 0 Å². The molecule has 18 heavy (non-hydrogen) atoms. The van der Waals surface area contributed by atoms with Gasteiger partial charge in [-0.1, -0.05) is 12.7 Å². The van der Waals surface area contributed by atoms with Crippen molar-refractivity contribution in [2.24, 2.45) is 0 Å². The maximum absolute atomic E-state index is 3.90. The van der Waals surface area contributed by atoms with E-state index < -0.39 is 0 Å². The minimum absolute atomic E-state index is 1.04. The Balaban J connectivity index is 3.19. The largest absolute Gasteiger partial charge is 0.372 e. The average Bonchev–Trinajstić information content (AvgIpc) is 2.41. The van der Waals surface area contributed by atoms with Crippen LogP contribution in [0.5, 0.6) is 0 Å². The molecule has 0 aliphatic rings. The zero-order chi connectivity index (χ0) is 13.5. The third-order valence-electron chi connectivity index (χ3n) is 3.42. The maximum Gasteiger partial charge on any atom is 0.0392 e. The topological polar surface area (TPSA) is 6.48 Å². The molecule has 1 aromatic carbocycles. The first kappa shape index (κ1) is 14.6. The van der Waals surface area contributed by atoms with Gasteiger partial charge in [-0.15, -0.1) is 0 Å². The lowest BCUT2D eigenvalue weighted by molar-refractivity contribution is 0.851. The van der Waals surface area contributed by atoms with Gasteiger partial charge in [0.15, 0.2) is 0 Å². The van der Waals surface area contributed by atoms with Gasteiger partial charge < -0.3 is 9.80 Å². The molecule has 1 rings (SSSR count). The Labute approximate surface area is 112 Å². The van der Waals surface area contributed by atoms with E-state index in [1.54, 1.807) is 0 Å². The van der Waals surface area contributed by atoms with Gasteiger partial charge in [-0.25, -0.2) is 0 Å². The molecule has 0 heterocycles. The molecule has 0 saturated carbocycles. The SMILES string of the molecule is C=Cc1cc(N(CC)CC)cc(N(CC)CC)c1. The lowest BCUT2D eigenvalue weighted by atomic mass is 10.1. The first-order valence-electron chi connectivity index (χ1n) is 6.97. The molecule has 0 aromatic heterocycles. The van der Waals surface area contributed by atoms with Gasteiger partial charge >= 0.3 is 0 Å². The summed E-state index contributed by atoms with van der Waals surface area (Å²) in [6.45, 7) is 16.8. The zero-order valence-electron chi connectivity index (χ0n) is 12.2. The summed E-state index contributed by atoms with van der Waals surface area (Å²) in [6.07, 6.45) is 1.93. The highest BCUT2D eigenvalue weighted by atomic mass is 15.1. The Morgan fingerprint density at radius 2 is 1.22 bits per heavy atom. The molecule has 0 aliphatic carbocycles. The van der Waals surface area contributed by atoms with Gasteiger partial charge in [-0.3, -0.25) is 0 Å². The minimum atomic E-state index is 1.04. The highest BCUT2D eigenvalue weighted by Gasteiger charge is 2.08. The van der Waals surface area contributed by atoms with E-state index in [9.17, 15) is 0 Å². The second-order valence-corrected chi connectivity index (χ2v) is 4.33. The van der Waals surface area contributed by atoms with Crippen molar-refractivity contribution in [3.8, 4) is 0 Å². The van der Waals surface area contributed by atoms with Crippen molar-refractivity contribution >= 4 is 17.5 Å². The fraction of sp³-hybridized carbons (Fsp3) is 0.500. The summed E-state index contributed by atoms with van der Waals surface area (Å²) in [5.41, 5.74) is 3.78. The van der Waals surface area contributed by atoms with Crippen molar-refractivity contribution in [1.29, 1.82) is 0 Å². The molecule has 0 amide bonds.